The molecule has 0 spiro atoms. The molecule has 0 radical (unpaired) electrons. The minimum absolute atomic E-state index is 0.0294. The van der Waals surface area contributed by atoms with Crippen molar-refractivity contribution in [1.29, 1.82) is 0 Å². The Labute approximate surface area is 87.3 Å². The maximum atomic E-state index is 13.3. The van der Waals surface area contributed by atoms with Gasteiger partial charge in [0.05, 0.1) is 11.1 Å². The summed E-state index contributed by atoms with van der Waals surface area (Å²) in [4.78, 5) is 0. The van der Waals surface area contributed by atoms with Gasteiger partial charge in [-0.05, 0) is 19.9 Å². The number of hydrogen-bond acceptors (Lipinski definition) is 2. The van der Waals surface area contributed by atoms with Crippen LogP contribution < -0.4 is 5.73 Å². The summed E-state index contributed by atoms with van der Waals surface area (Å²) in [7, 11) is 0. The molecule has 2 N–H and O–H groups in total. The predicted molar refractivity (Wildman–Crippen MR) is 52.9 cm³/mol. The standard InChI is InChI=1S/C10H15F2N3/c1-7(2)15-8(3-4-14-15)9(6-13)5-10(9,11)12/h3-4,7H,5-6,13H2,1-2H3. The fourth-order valence-corrected chi connectivity index (χ4v) is 2.04. The molecule has 15 heavy (non-hydrogen) atoms. The largest absolute Gasteiger partial charge is 0.329 e. The lowest BCUT2D eigenvalue weighted by Crippen LogP contribution is -2.30. The summed E-state index contributed by atoms with van der Waals surface area (Å²) in [5.41, 5.74) is 4.87. The van der Waals surface area contributed by atoms with Crippen molar-refractivity contribution in [3.05, 3.63) is 18.0 Å². The van der Waals surface area contributed by atoms with Crippen LogP contribution in [0, 0.1) is 0 Å². The molecule has 0 saturated heterocycles. The molecule has 0 aliphatic heterocycles. The second-order valence-corrected chi connectivity index (χ2v) is 4.42. The van der Waals surface area contributed by atoms with Gasteiger partial charge in [-0.1, -0.05) is 0 Å². The first-order chi connectivity index (χ1) is 6.94. The number of nitrogens with zero attached hydrogens (tertiary/aromatic N) is 2. The maximum absolute atomic E-state index is 13.3. The van der Waals surface area contributed by atoms with Crippen LogP contribution in [0.3, 0.4) is 0 Å². The van der Waals surface area contributed by atoms with E-state index in [0.717, 1.165) is 0 Å². The highest BCUT2D eigenvalue weighted by Crippen LogP contribution is 2.60. The van der Waals surface area contributed by atoms with Crippen molar-refractivity contribution in [2.45, 2.75) is 37.6 Å². The molecule has 0 bridgehead atoms. The number of rotatable bonds is 3. The molecule has 1 aliphatic carbocycles. The van der Waals surface area contributed by atoms with Crippen molar-refractivity contribution in [3.63, 3.8) is 0 Å². The van der Waals surface area contributed by atoms with Gasteiger partial charge in [-0.3, -0.25) is 4.68 Å². The summed E-state index contributed by atoms with van der Waals surface area (Å²) in [5, 5.41) is 4.06. The molecule has 2 rings (SSSR count). The van der Waals surface area contributed by atoms with Crippen molar-refractivity contribution in [1.82, 2.24) is 9.78 Å². The van der Waals surface area contributed by atoms with E-state index in [2.05, 4.69) is 5.10 Å². The Morgan fingerprint density at radius 1 is 1.60 bits per heavy atom. The van der Waals surface area contributed by atoms with Gasteiger partial charge in [-0.25, -0.2) is 8.78 Å². The molecular weight excluding hydrogens is 200 g/mol. The molecule has 1 saturated carbocycles. The van der Waals surface area contributed by atoms with Gasteiger partial charge in [0.2, 0.25) is 0 Å². The van der Waals surface area contributed by atoms with E-state index in [1.54, 1.807) is 16.9 Å². The molecule has 1 aliphatic rings. The molecule has 1 aromatic rings. The van der Waals surface area contributed by atoms with E-state index < -0.39 is 11.3 Å². The Morgan fingerprint density at radius 2 is 2.20 bits per heavy atom. The van der Waals surface area contributed by atoms with Crippen LogP contribution >= 0.6 is 0 Å². The second kappa shape index (κ2) is 3.01. The number of aromatic nitrogens is 2. The number of halogens is 2. The summed E-state index contributed by atoms with van der Waals surface area (Å²) in [6.07, 6.45) is 1.40. The minimum atomic E-state index is -2.67. The smallest absolute Gasteiger partial charge is 0.261 e. The van der Waals surface area contributed by atoms with Gasteiger partial charge in [-0.2, -0.15) is 5.10 Å². The third-order valence-corrected chi connectivity index (χ3v) is 3.10. The third-order valence-electron chi connectivity index (χ3n) is 3.10. The Kier molecular flexibility index (Phi) is 2.12. The number of hydrogen-bond donors (Lipinski definition) is 1. The van der Waals surface area contributed by atoms with E-state index in [4.69, 9.17) is 5.73 Å². The van der Waals surface area contributed by atoms with E-state index in [9.17, 15) is 8.78 Å². The molecule has 0 aromatic carbocycles. The van der Waals surface area contributed by atoms with Gasteiger partial charge in [0.1, 0.15) is 0 Å². The molecule has 1 unspecified atom stereocenters. The molecule has 1 heterocycles. The fourth-order valence-electron chi connectivity index (χ4n) is 2.04. The lowest BCUT2D eigenvalue weighted by molar-refractivity contribution is 0.0870. The quantitative estimate of drug-likeness (QED) is 0.834. The van der Waals surface area contributed by atoms with Gasteiger partial charge in [0, 0.05) is 25.2 Å². The lowest BCUT2D eigenvalue weighted by Gasteiger charge is -2.18. The van der Waals surface area contributed by atoms with Gasteiger partial charge < -0.3 is 5.73 Å². The highest BCUT2D eigenvalue weighted by Gasteiger charge is 2.72. The van der Waals surface area contributed by atoms with Gasteiger partial charge >= 0.3 is 0 Å². The van der Waals surface area contributed by atoms with Crippen LogP contribution in [0.1, 0.15) is 32.0 Å². The van der Waals surface area contributed by atoms with Gasteiger partial charge in [-0.15, -0.1) is 0 Å². The zero-order chi connectivity index (χ0) is 11.3. The molecule has 1 atom stereocenters. The van der Waals surface area contributed by atoms with Crippen molar-refractivity contribution in [2.75, 3.05) is 6.54 Å². The average molecular weight is 215 g/mol. The Bertz CT molecular complexity index is 372. The zero-order valence-corrected chi connectivity index (χ0v) is 8.87. The maximum Gasteiger partial charge on any atom is 0.261 e. The summed E-state index contributed by atoms with van der Waals surface area (Å²) >= 11 is 0. The summed E-state index contributed by atoms with van der Waals surface area (Å²) in [6.45, 7) is 3.81. The van der Waals surface area contributed by atoms with Crippen LogP contribution in [0.25, 0.3) is 0 Å². The van der Waals surface area contributed by atoms with E-state index in [-0.39, 0.29) is 19.0 Å². The second-order valence-electron chi connectivity index (χ2n) is 4.42. The van der Waals surface area contributed by atoms with Gasteiger partial charge in [0.25, 0.3) is 5.92 Å². The summed E-state index contributed by atoms with van der Waals surface area (Å²) < 4.78 is 28.3. The predicted octanol–water partition coefficient (Wildman–Crippen LogP) is 1.70. The normalized spacial score (nSPS) is 28.4. The molecule has 1 aromatic heterocycles. The monoisotopic (exact) mass is 215 g/mol. The highest BCUT2D eigenvalue weighted by atomic mass is 19.3. The molecule has 3 nitrogen and oxygen atoms in total. The van der Waals surface area contributed by atoms with Gasteiger partial charge in [0.15, 0.2) is 0 Å². The summed E-state index contributed by atoms with van der Waals surface area (Å²) in [6, 6.07) is 1.73. The van der Waals surface area contributed by atoms with E-state index in [1.165, 1.54) is 0 Å². The van der Waals surface area contributed by atoms with Crippen LogP contribution in [0.15, 0.2) is 12.3 Å². The average Bonchev–Trinajstić information content (AvgIpc) is 2.59. The van der Waals surface area contributed by atoms with Crippen LogP contribution in [-0.2, 0) is 5.41 Å². The molecule has 1 fully saturated rings. The SMILES string of the molecule is CC(C)n1nccc1C1(CN)CC1(F)F. The van der Waals surface area contributed by atoms with Crippen LogP contribution in [0.4, 0.5) is 8.78 Å². The molecule has 5 heteroatoms. The van der Waals surface area contributed by atoms with E-state index in [0.29, 0.717) is 5.69 Å². The number of alkyl halides is 2. The summed E-state index contributed by atoms with van der Waals surface area (Å²) in [5.74, 6) is -2.67. The molecular formula is C10H15F2N3. The van der Waals surface area contributed by atoms with E-state index >= 15 is 0 Å². The van der Waals surface area contributed by atoms with Crippen molar-refractivity contribution in [2.24, 2.45) is 5.73 Å². The van der Waals surface area contributed by atoms with Crippen molar-refractivity contribution < 1.29 is 8.78 Å². The Morgan fingerprint density at radius 3 is 2.60 bits per heavy atom. The first kappa shape index (κ1) is 10.5. The molecule has 84 valence electrons. The topological polar surface area (TPSA) is 43.8 Å². The Balaban J connectivity index is 2.42. The number of nitrogens with two attached hydrogens (primary N) is 1. The highest BCUT2D eigenvalue weighted by molar-refractivity contribution is 5.33. The lowest BCUT2D eigenvalue weighted by atomic mass is 10.0. The zero-order valence-electron chi connectivity index (χ0n) is 8.87. The first-order valence-electron chi connectivity index (χ1n) is 5.06. The van der Waals surface area contributed by atoms with Crippen molar-refractivity contribution >= 4 is 0 Å². The van der Waals surface area contributed by atoms with Crippen LogP contribution in [0.5, 0.6) is 0 Å². The van der Waals surface area contributed by atoms with Crippen LogP contribution in [0.2, 0.25) is 0 Å². The first-order valence-corrected chi connectivity index (χ1v) is 5.06. The Hall–Kier alpha value is -0.970. The van der Waals surface area contributed by atoms with Crippen molar-refractivity contribution in [3.8, 4) is 0 Å². The fraction of sp³-hybridized carbons (Fsp3) is 0.700. The van der Waals surface area contributed by atoms with Crippen LogP contribution in [-0.4, -0.2) is 22.2 Å². The van der Waals surface area contributed by atoms with E-state index in [1.807, 2.05) is 13.8 Å². The molecule has 0 amide bonds. The third kappa shape index (κ3) is 1.29. The minimum Gasteiger partial charge on any atom is -0.329 e.